The zero-order valence-electron chi connectivity index (χ0n) is 10.0. The van der Waals surface area contributed by atoms with Crippen LogP contribution in [0.3, 0.4) is 0 Å². The van der Waals surface area contributed by atoms with Crippen LogP contribution in [0.1, 0.15) is 26.2 Å². The van der Waals surface area contributed by atoms with Gasteiger partial charge in [0.2, 0.25) is 11.8 Å². The van der Waals surface area contributed by atoms with Gasteiger partial charge in [0.1, 0.15) is 0 Å². The minimum Gasteiger partial charge on any atom is -0.319 e. The van der Waals surface area contributed by atoms with Gasteiger partial charge in [0.25, 0.3) is 0 Å². The summed E-state index contributed by atoms with van der Waals surface area (Å²) < 4.78 is 0. The number of nitrogens with one attached hydrogen (secondary N) is 1. The molecule has 1 saturated carbocycles. The van der Waals surface area contributed by atoms with Gasteiger partial charge in [-0.3, -0.25) is 14.5 Å². The van der Waals surface area contributed by atoms with Crippen molar-refractivity contribution in [1.29, 1.82) is 0 Å². The van der Waals surface area contributed by atoms with Gasteiger partial charge >= 0.3 is 0 Å². The highest BCUT2D eigenvalue weighted by Gasteiger charge is 2.45. The molecule has 0 aromatic carbocycles. The normalized spacial score (nSPS) is 31.0. The Morgan fingerprint density at radius 3 is 2.38 bits per heavy atom. The van der Waals surface area contributed by atoms with Crippen LogP contribution in [0, 0.1) is 17.8 Å². The van der Waals surface area contributed by atoms with Crippen molar-refractivity contribution < 1.29 is 9.59 Å². The first kappa shape index (κ1) is 11.6. The highest BCUT2D eigenvalue weighted by atomic mass is 16.2. The van der Waals surface area contributed by atoms with E-state index in [1.54, 1.807) is 0 Å². The van der Waals surface area contributed by atoms with E-state index < -0.39 is 0 Å². The molecule has 90 valence electrons. The summed E-state index contributed by atoms with van der Waals surface area (Å²) in [5.74, 6) is 0.729. The number of carbonyl (C=O) groups is 2. The lowest BCUT2D eigenvalue weighted by molar-refractivity contribution is -0.153. The Kier molecular flexibility index (Phi) is 3.28. The number of fused-ring (bicyclic) bond motifs is 2. The molecule has 2 amide bonds. The maximum atomic E-state index is 12.0. The number of nitrogens with zero attached hydrogens (tertiary/aromatic N) is 1. The van der Waals surface area contributed by atoms with Crippen LogP contribution < -0.4 is 5.32 Å². The maximum Gasteiger partial charge on any atom is 0.232 e. The number of hydrogen-bond acceptors (Lipinski definition) is 3. The molecule has 2 bridgehead atoms. The van der Waals surface area contributed by atoms with Gasteiger partial charge in [-0.1, -0.05) is 6.92 Å². The second kappa shape index (κ2) is 4.53. The molecule has 0 radical (unpaired) electrons. The van der Waals surface area contributed by atoms with Crippen molar-refractivity contribution in [3.05, 3.63) is 0 Å². The summed E-state index contributed by atoms with van der Waals surface area (Å²) in [6.45, 7) is 3.48. The summed E-state index contributed by atoms with van der Waals surface area (Å²) >= 11 is 0. The first-order valence-electron chi connectivity index (χ1n) is 6.13. The average Bonchev–Trinajstić information content (AvgIpc) is 2.69. The molecule has 0 aromatic heterocycles. The molecule has 4 nitrogen and oxygen atoms in total. The lowest BCUT2D eigenvalue weighted by Gasteiger charge is -2.31. The Balaban J connectivity index is 2.02. The van der Waals surface area contributed by atoms with Gasteiger partial charge in [0, 0.05) is 18.4 Å². The fourth-order valence-corrected chi connectivity index (χ4v) is 2.88. The lowest BCUT2D eigenvalue weighted by atomic mass is 9.96. The highest BCUT2D eigenvalue weighted by molar-refractivity contribution is 6.00. The maximum absolute atomic E-state index is 12.0. The Morgan fingerprint density at radius 2 is 1.88 bits per heavy atom. The molecule has 4 heteroatoms. The molecule has 0 spiro atoms. The van der Waals surface area contributed by atoms with E-state index in [0.717, 1.165) is 25.8 Å². The standard InChI is InChI=1S/C12H20N2O2/c1-8(6-13-2)7-14-11(15)9-3-4-10(5-9)12(14)16/h8-10,13H,3-7H2,1-2H3. The third-order valence-electron chi connectivity index (χ3n) is 3.71. The fourth-order valence-electron chi connectivity index (χ4n) is 2.88. The fraction of sp³-hybridized carbons (Fsp3) is 0.833. The van der Waals surface area contributed by atoms with Gasteiger partial charge in [-0.15, -0.1) is 0 Å². The van der Waals surface area contributed by atoms with E-state index in [1.165, 1.54) is 4.90 Å². The quantitative estimate of drug-likeness (QED) is 0.712. The van der Waals surface area contributed by atoms with E-state index in [0.29, 0.717) is 12.5 Å². The first-order chi connectivity index (χ1) is 7.63. The van der Waals surface area contributed by atoms with Crippen LogP contribution in [0.15, 0.2) is 0 Å². The Labute approximate surface area is 96.4 Å². The number of hydrogen-bond donors (Lipinski definition) is 1. The van der Waals surface area contributed by atoms with Gasteiger partial charge in [-0.05, 0) is 38.8 Å². The zero-order valence-corrected chi connectivity index (χ0v) is 10.0. The molecular weight excluding hydrogens is 204 g/mol. The molecule has 0 aromatic rings. The summed E-state index contributed by atoms with van der Waals surface area (Å²) in [5, 5.41) is 3.08. The predicted molar refractivity (Wildman–Crippen MR) is 60.6 cm³/mol. The van der Waals surface area contributed by atoms with E-state index in [-0.39, 0.29) is 23.7 Å². The van der Waals surface area contributed by atoms with Crippen molar-refractivity contribution >= 4 is 11.8 Å². The van der Waals surface area contributed by atoms with E-state index in [9.17, 15) is 9.59 Å². The molecule has 1 N–H and O–H groups in total. The number of imide groups is 1. The van der Waals surface area contributed by atoms with Crippen LogP contribution in [0.5, 0.6) is 0 Å². The van der Waals surface area contributed by atoms with Gasteiger partial charge in [-0.2, -0.15) is 0 Å². The van der Waals surface area contributed by atoms with Gasteiger partial charge in [0.05, 0.1) is 0 Å². The molecule has 1 aliphatic heterocycles. The van der Waals surface area contributed by atoms with Crippen molar-refractivity contribution in [3.8, 4) is 0 Å². The van der Waals surface area contributed by atoms with E-state index in [2.05, 4.69) is 12.2 Å². The minimum atomic E-state index is 0.0710. The van der Waals surface area contributed by atoms with Crippen LogP contribution in [0.2, 0.25) is 0 Å². The average molecular weight is 224 g/mol. The zero-order chi connectivity index (χ0) is 11.7. The van der Waals surface area contributed by atoms with Crippen molar-refractivity contribution in [2.75, 3.05) is 20.1 Å². The number of rotatable bonds is 4. The summed E-state index contributed by atoms with van der Waals surface area (Å²) in [5.41, 5.74) is 0. The summed E-state index contributed by atoms with van der Waals surface area (Å²) in [6, 6.07) is 0. The highest BCUT2D eigenvalue weighted by Crippen LogP contribution is 2.38. The predicted octanol–water partition coefficient (Wildman–Crippen LogP) is 0.627. The lowest BCUT2D eigenvalue weighted by Crippen LogP contribution is -2.48. The molecule has 1 aliphatic carbocycles. The molecule has 16 heavy (non-hydrogen) atoms. The summed E-state index contributed by atoms with van der Waals surface area (Å²) in [4.78, 5) is 25.5. The van der Waals surface area contributed by atoms with E-state index in [4.69, 9.17) is 0 Å². The van der Waals surface area contributed by atoms with Gasteiger partial charge in [0.15, 0.2) is 0 Å². The number of piperidine rings is 1. The molecule has 3 atom stereocenters. The van der Waals surface area contributed by atoms with Crippen molar-refractivity contribution in [2.24, 2.45) is 17.8 Å². The topological polar surface area (TPSA) is 49.4 Å². The molecular formula is C12H20N2O2. The second-order valence-corrected chi connectivity index (χ2v) is 5.16. The van der Waals surface area contributed by atoms with Crippen molar-refractivity contribution in [1.82, 2.24) is 10.2 Å². The number of likely N-dealkylation sites (tertiary alicyclic amines) is 1. The molecule has 2 rings (SSSR count). The van der Waals surface area contributed by atoms with Gasteiger partial charge < -0.3 is 5.32 Å². The largest absolute Gasteiger partial charge is 0.319 e. The second-order valence-electron chi connectivity index (χ2n) is 5.16. The van der Waals surface area contributed by atoms with E-state index >= 15 is 0 Å². The molecule has 2 fully saturated rings. The third kappa shape index (κ3) is 1.98. The molecule has 1 heterocycles. The molecule has 2 aliphatic rings. The van der Waals surface area contributed by atoms with Crippen LogP contribution in [0.25, 0.3) is 0 Å². The van der Waals surface area contributed by atoms with Crippen LogP contribution in [0.4, 0.5) is 0 Å². The summed E-state index contributed by atoms with van der Waals surface area (Å²) in [7, 11) is 1.89. The van der Waals surface area contributed by atoms with Crippen LogP contribution in [-0.4, -0.2) is 36.9 Å². The number of amides is 2. The summed E-state index contributed by atoms with van der Waals surface area (Å²) in [6.07, 6.45) is 2.62. The molecule has 3 unspecified atom stereocenters. The van der Waals surface area contributed by atoms with Crippen LogP contribution in [-0.2, 0) is 9.59 Å². The Bertz CT molecular complexity index is 281. The van der Waals surface area contributed by atoms with Gasteiger partial charge in [-0.25, -0.2) is 0 Å². The van der Waals surface area contributed by atoms with Crippen molar-refractivity contribution in [3.63, 3.8) is 0 Å². The minimum absolute atomic E-state index is 0.0710. The van der Waals surface area contributed by atoms with Crippen molar-refractivity contribution in [2.45, 2.75) is 26.2 Å². The SMILES string of the molecule is CNCC(C)CN1C(=O)C2CCC(C2)C1=O. The molecule has 1 saturated heterocycles. The number of carbonyl (C=O) groups excluding carboxylic acids is 2. The monoisotopic (exact) mass is 224 g/mol. The third-order valence-corrected chi connectivity index (χ3v) is 3.71. The Morgan fingerprint density at radius 1 is 1.31 bits per heavy atom. The first-order valence-corrected chi connectivity index (χ1v) is 6.13. The Hall–Kier alpha value is -0.900. The smallest absolute Gasteiger partial charge is 0.232 e. The van der Waals surface area contributed by atoms with Crippen LogP contribution >= 0.6 is 0 Å². The van der Waals surface area contributed by atoms with E-state index in [1.807, 2.05) is 7.05 Å².